The summed E-state index contributed by atoms with van der Waals surface area (Å²) < 4.78 is 5.78. The average Bonchev–Trinajstić information content (AvgIpc) is 2.97. The zero-order valence-corrected chi connectivity index (χ0v) is 24.4. The van der Waals surface area contributed by atoms with Crippen LogP contribution in [0, 0.1) is 0 Å². The van der Waals surface area contributed by atoms with Crippen LogP contribution in [0.1, 0.15) is 80.7 Å². The van der Waals surface area contributed by atoms with Crippen molar-refractivity contribution in [1.29, 1.82) is 0 Å². The molecule has 0 aliphatic heterocycles. The third kappa shape index (κ3) is 13.8. The van der Waals surface area contributed by atoms with Crippen LogP contribution in [0.2, 0.25) is 0 Å². The fourth-order valence-corrected chi connectivity index (χ4v) is 4.30. The Bertz CT molecular complexity index is 1050. The number of aromatic hydroxyl groups is 1. The summed E-state index contributed by atoms with van der Waals surface area (Å²) in [6.45, 7) is 6.12. The van der Waals surface area contributed by atoms with Gasteiger partial charge in [-0.3, -0.25) is 4.79 Å². The number of aliphatic hydroxyl groups excluding tert-OH is 2. The van der Waals surface area contributed by atoms with Crippen molar-refractivity contribution in [2.45, 2.75) is 78.0 Å². The van der Waals surface area contributed by atoms with Crippen molar-refractivity contribution in [2.24, 2.45) is 0 Å². The van der Waals surface area contributed by atoms with Gasteiger partial charge in [-0.2, -0.15) is 5.06 Å². The molecule has 0 aliphatic rings. The number of amides is 2. The standard InChI is InChI=1S/C31H47N3O7/c1-3-34(41-24(2)36)31(39)33-21-26-13-10-12-25(19-26)11-6-9-18-40-17-8-5-4-7-16-32-22-30(38)27-14-15-29(37)28(20-27)23-35/h10,12-15,19-20,30,32,35,37-38H,3-9,11,16-18,21-23H2,1-2H3,(H,33,39)/t30-/m0/s1. The molecule has 0 unspecified atom stereocenters. The van der Waals surface area contributed by atoms with Crippen LogP contribution in [0.5, 0.6) is 5.75 Å². The molecule has 0 aliphatic carbocycles. The summed E-state index contributed by atoms with van der Waals surface area (Å²) in [5.41, 5.74) is 3.29. The molecule has 10 heteroatoms. The molecule has 0 bridgehead atoms. The van der Waals surface area contributed by atoms with Gasteiger partial charge >= 0.3 is 12.0 Å². The van der Waals surface area contributed by atoms with Crippen LogP contribution in [0.4, 0.5) is 4.79 Å². The summed E-state index contributed by atoms with van der Waals surface area (Å²) in [4.78, 5) is 28.1. The second kappa shape index (κ2) is 19.8. The van der Waals surface area contributed by atoms with Crippen LogP contribution in [0.3, 0.4) is 0 Å². The fraction of sp³-hybridized carbons (Fsp3) is 0.548. The number of rotatable bonds is 19. The highest BCUT2D eigenvalue weighted by Crippen LogP contribution is 2.22. The number of hydrogen-bond acceptors (Lipinski definition) is 8. The molecule has 0 heterocycles. The van der Waals surface area contributed by atoms with Gasteiger partial charge in [-0.25, -0.2) is 4.79 Å². The number of phenols is 1. The number of aryl methyl sites for hydroxylation is 1. The van der Waals surface area contributed by atoms with Crippen LogP contribution in [-0.2, 0) is 33.9 Å². The molecule has 0 fully saturated rings. The number of aliphatic hydroxyl groups is 2. The van der Waals surface area contributed by atoms with Crippen LogP contribution >= 0.6 is 0 Å². The summed E-state index contributed by atoms with van der Waals surface area (Å²) in [5, 5.41) is 36.2. The molecule has 2 aromatic rings. The lowest BCUT2D eigenvalue weighted by Crippen LogP contribution is -2.40. The monoisotopic (exact) mass is 573 g/mol. The number of nitrogens with one attached hydrogen (secondary N) is 2. The second-order valence-corrected chi connectivity index (χ2v) is 10.0. The summed E-state index contributed by atoms with van der Waals surface area (Å²) in [6.07, 6.45) is 6.52. The lowest BCUT2D eigenvalue weighted by Gasteiger charge is -2.19. The molecule has 0 saturated carbocycles. The molecule has 2 amide bonds. The predicted molar refractivity (Wildman–Crippen MR) is 157 cm³/mol. The molecular weight excluding hydrogens is 526 g/mol. The van der Waals surface area contributed by atoms with Crippen molar-refractivity contribution in [3.63, 3.8) is 0 Å². The van der Waals surface area contributed by atoms with Crippen molar-refractivity contribution < 1.29 is 34.5 Å². The number of hydroxylamine groups is 2. The summed E-state index contributed by atoms with van der Waals surface area (Å²) in [7, 11) is 0. The van der Waals surface area contributed by atoms with E-state index < -0.39 is 18.1 Å². The summed E-state index contributed by atoms with van der Waals surface area (Å²) in [5.74, 6) is -0.496. The number of carbonyl (C=O) groups is 2. The first-order valence-electron chi connectivity index (χ1n) is 14.5. The number of hydrogen-bond donors (Lipinski definition) is 5. The zero-order valence-electron chi connectivity index (χ0n) is 24.4. The van der Waals surface area contributed by atoms with Crippen molar-refractivity contribution in [3.05, 3.63) is 64.7 Å². The number of ether oxygens (including phenoxy) is 1. The number of nitrogens with zero attached hydrogens (tertiary/aromatic N) is 1. The molecule has 228 valence electrons. The van der Waals surface area contributed by atoms with Gasteiger partial charge in [0.1, 0.15) is 5.75 Å². The van der Waals surface area contributed by atoms with Gasteiger partial charge in [-0.1, -0.05) is 43.2 Å². The van der Waals surface area contributed by atoms with Crippen LogP contribution in [-0.4, -0.2) is 65.2 Å². The third-order valence-corrected chi connectivity index (χ3v) is 6.58. The maximum absolute atomic E-state index is 12.2. The van der Waals surface area contributed by atoms with E-state index in [4.69, 9.17) is 9.57 Å². The maximum Gasteiger partial charge on any atom is 0.350 e. The van der Waals surface area contributed by atoms with E-state index in [9.17, 15) is 24.9 Å². The van der Waals surface area contributed by atoms with Gasteiger partial charge in [0.15, 0.2) is 0 Å². The molecule has 0 spiro atoms. The van der Waals surface area contributed by atoms with E-state index in [1.54, 1.807) is 19.1 Å². The Kier molecular flexibility index (Phi) is 16.4. The minimum atomic E-state index is -0.683. The van der Waals surface area contributed by atoms with Gasteiger partial charge in [-0.05, 0) is 74.4 Å². The van der Waals surface area contributed by atoms with Crippen LogP contribution in [0.15, 0.2) is 42.5 Å². The molecule has 0 saturated heterocycles. The lowest BCUT2D eigenvalue weighted by molar-refractivity contribution is -0.173. The molecule has 5 N–H and O–H groups in total. The van der Waals surface area contributed by atoms with E-state index in [1.165, 1.54) is 18.6 Å². The smallest absolute Gasteiger partial charge is 0.350 e. The van der Waals surface area contributed by atoms with E-state index >= 15 is 0 Å². The quantitative estimate of drug-likeness (QED) is 0.125. The second-order valence-electron chi connectivity index (χ2n) is 10.0. The highest BCUT2D eigenvalue weighted by molar-refractivity contribution is 5.75. The normalized spacial score (nSPS) is 11.7. The topological polar surface area (TPSA) is 141 Å². The molecule has 0 radical (unpaired) electrons. The summed E-state index contributed by atoms with van der Waals surface area (Å²) in [6, 6.07) is 12.5. The van der Waals surface area contributed by atoms with E-state index in [2.05, 4.69) is 22.8 Å². The van der Waals surface area contributed by atoms with Crippen molar-refractivity contribution in [2.75, 3.05) is 32.8 Å². The molecule has 2 rings (SSSR count). The predicted octanol–water partition coefficient (Wildman–Crippen LogP) is 4.12. The number of unbranched alkanes of at least 4 members (excludes halogenated alkanes) is 4. The fourth-order valence-electron chi connectivity index (χ4n) is 4.30. The maximum atomic E-state index is 12.2. The lowest BCUT2D eigenvalue weighted by atomic mass is 10.1. The van der Waals surface area contributed by atoms with Gasteiger partial charge in [0.2, 0.25) is 0 Å². The Morgan fingerprint density at radius 3 is 2.44 bits per heavy atom. The number of urea groups is 1. The van der Waals surface area contributed by atoms with Crippen LogP contribution < -0.4 is 10.6 Å². The van der Waals surface area contributed by atoms with E-state index in [-0.39, 0.29) is 18.9 Å². The van der Waals surface area contributed by atoms with Gasteiger partial charge in [0, 0.05) is 38.8 Å². The SMILES string of the molecule is CCN(OC(C)=O)C(=O)NCc1cccc(CCCCOCCCCCCNC[C@H](O)c2ccc(O)c(CO)c2)c1. The molecule has 0 aromatic heterocycles. The number of carbonyl (C=O) groups excluding carboxylic acids is 2. The van der Waals surface area contributed by atoms with E-state index in [1.807, 2.05) is 12.1 Å². The Morgan fingerprint density at radius 1 is 0.976 bits per heavy atom. The van der Waals surface area contributed by atoms with Crippen LogP contribution in [0.25, 0.3) is 0 Å². The van der Waals surface area contributed by atoms with Gasteiger partial charge in [0.05, 0.1) is 19.3 Å². The Labute approximate surface area is 243 Å². The zero-order chi connectivity index (χ0) is 29.9. The van der Waals surface area contributed by atoms with E-state index in [0.29, 0.717) is 24.2 Å². The number of benzene rings is 2. The van der Waals surface area contributed by atoms with Crippen molar-refractivity contribution in [1.82, 2.24) is 15.7 Å². The molecular formula is C31H47N3O7. The van der Waals surface area contributed by atoms with Gasteiger partial charge in [0.25, 0.3) is 0 Å². The first-order chi connectivity index (χ1) is 19.8. The Morgan fingerprint density at radius 2 is 1.71 bits per heavy atom. The summed E-state index contributed by atoms with van der Waals surface area (Å²) >= 11 is 0. The molecule has 41 heavy (non-hydrogen) atoms. The Hall–Kier alpha value is -3.18. The van der Waals surface area contributed by atoms with Crippen molar-refractivity contribution >= 4 is 12.0 Å². The van der Waals surface area contributed by atoms with Crippen molar-refractivity contribution in [3.8, 4) is 5.75 Å². The van der Waals surface area contributed by atoms with E-state index in [0.717, 1.165) is 75.3 Å². The highest BCUT2D eigenvalue weighted by atomic mass is 16.7. The highest BCUT2D eigenvalue weighted by Gasteiger charge is 2.14. The third-order valence-electron chi connectivity index (χ3n) is 6.58. The average molecular weight is 574 g/mol. The largest absolute Gasteiger partial charge is 0.508 e. The van der Waals surface area contributed by atoms with Gasteiger partial charge in [-0.15, -0.1) is 0 Å². The minimum Gasteiger partial charge on any atom is -0.508 e. The first kappa shape index (κ1) is 34.0. The molecule has 10 nitrogen and oxygen atoms in total. The minimum absolute atomic E-state index is 0.0336. The molecule has 1 atom stereocenters. The first-order valence-corrected chi connectivity index (χ1v) is 14.5. The Balaban J connectivity index is 1.46. The molecule has 2 aromatic carbocycles. The van der Waals surface area contributed by atoms with Gasteiger partial charge < -0.3 is 35.5 Å².